The van der Waals surface area contributed by atoms with E-state index in [1.54, 1.807) is 41.3 Å². The molecule has 0 radical (unpaired) electrons. The topological polar surface area (TPSA) is 82.2 Å². The Morgan fingerprint density at radius 3 is 2.83 bits per heavy atom. The van der Waals surface area contributed by atoms with Gasteiger partial charge in [-0.1, -0.05) is 0 Å². The SMILES string of the molecule is Nc1ccc(NC(=O)OCCn2cccn2)cc1. The summed E-state index contributed by atoms with van der Waals surface area (Å²) in [7, 11) is 0. The molecule has 0 unspecified atom stereocenters. The predicted molar refractivity (Wildman–Crippen MR) is 68.1 cm³/mol. The van der Waals surface area contributed by atoms with Crippen molar-refractivity contribution in [3.8, 4) is 0 Å². The third kappa shape index (κ3) is 3.51. The molecule has 0 spiro atoms. The summed E-state index contributed by atoms with van der Waals surface area (Å²) in [5, 5.41) is 6.60. The van der Waals surface area contributed by atoms with Gasteiger partial charge in [-0.25, -0.2) is 4.79 Å². The summed E-state index contributed by atoms with van der Waals surface area (Å²) in [6.45, 7) is 0.796. The Balaban J connectivity index is 1.73. The third-order valence-corrected chi connectivity index (χ3v) is 2.27. The van der Waals surface area contributed by atoms with Crippen LogP contribution in [0.2, 0.25) is 0 Å². The Bertz CT molecular complexity index is 493. The summed E-state index contributed by atoms with van der Waals surface area (Å²) in [4.78, 5) is 11.4. The van der Waals surface area contributed by atoms with Crippen LogP contribution in [0.15, 0.2) is 42.7 Å². The second kappa shape index (κ2) is 5.72. The molecule has 0 atom stereocenters. The van der Waals surface area contributed by atoms with E-state index in [2.05, 4.69) is 10.4 Å². The van der Waals surface area contributed by atoms with Gasteiger partial charge in [-0.3, -0.25) is 10.00 Å². The van der Waals surface area contributed by atoms with E-state index < -0.39 is 6.09 Å². The molecule has 0 aliphatic heterocycles. The van der Waals surface area contributed by atoms with Gasteiger partial charge in [0.2, 0.25) is 0 Å². The molecule has 0 saturated carbocycles. The van der Waals surface area contributed by atoms with Crippen molar-refractivity contribution in [1.82, 2.24) is 9.78 Å². The largest absolute Gasteiger partial charge is 0.447 e. The number of benzene rings is 1. The van der Waals surface area contributed by atoms with Crippen LogP contribution in [0.3, 0.4) is 0 Å². The zero-order valence-electron chi connectivity index (χ0n) is 9.74. The highest BCUT2D eigenvalue weighted by atomic mass is 16.5. The molecule has 0 aliphatic rings. The van der Waals surface area contributed by atoms with Crippen LogP contribution in [0, 0.1) is 0 Å². The van der Waals surface area contributed by atoms with Gasteiger partial charge in [0.1, 0.15) is 6.61 Å². The molecule has 1 aromatic heterocycles. The maximum atomic E-state index is 11.4. The lowest BCUT2D eigenvalue weighted by molar-refractivity contribution is 0.155. The van der Waals surface area contributed by atoms with Crippen molar-refractivity contribution in [2.75, 3.05) is 17.7 Å². The number of nitrogens with two attached hydrogens (primary N) is 1. The molecule has 0 fully saturated rings. The van der Waals surface area contributed by atoms with Gasteiger partial charge in [0.15, 0.2) is 0 Å². The Labute approximate surface area is 104 Å². The second-order valence-electron chi connectivity index (χ2n) is 3.65. The Kier molecular flexibility index (Phi) is 3.80. The number of anilines is 2. The average molecular weight is 246 g/mol. The maximum Gasteiger partial charge on any atom is 0.411 e. The maximum absolute atomic E-state index is 11.4. The monoisotopic (exact) mass is 246 g/mol. The van der Waals surface area contributed by atoms with Crippen LogP contribution in [0.4, 0.5) is 16.2 Å². The summed E-state index contributed by atoms with van der Waals surface area (Å²) < 4.78 is 6.70. The van der Waals surface area contributed by atoms with Crippen LogP contribution < -0.4 is 11.1 Å². The van der Waals surface area contributed by atoms with Crippen LogP contribution in [-0.4, -0.2) is 22.5 Å². The van der Waals surface area contributed by atoms with Crippen molar-refractivity contribution in [3.05, 3.63) is 42.7 Å². The fraction of sp³-hybridized carbons (Fsp3) is 0.167. The number of carbonyl (C=O) groups is 1. The summed E-state index contributed by atoms with van der Waals surface area (Å²) in [5.41, 5.74) is 6.83. The summed E-state index contributed by atoms with van der Waals surface area (Å²) in [6.07, 6.45) is 2.99. The highest BCUT2D eigenvalue weighted by Crippen LogP contribution is 2.10. The van der Waals surface area contributed by atoms with Crippen molar-refractivity contribution < 1.29 is 9.53 Å². The number of amides is 1. The van der Waals surface area contributed by atoms with Crippen molar-refractivity contribution in [2.24, 2.45) is 0 Å². The van der Waals surface area contributed by atoms with E-state index in [0.29, 0.717) is 17.9 Å². The van der Waals surface area contributed by atoms with Crippen LogP contribution in [0.1, 0.15) is 0 Å². The molecule has 18 heavy (non-hydrogen) atoms. The lowest BCUT2D eigenvalue weighted by Gasteiger charge is -2.07. The Morgan fingerprint density at radius 2 is 2.17 bits per heavy atom. The molecule has 0 bridgehead atoms. The van der Waals surface area contributed by atoms with E-state index >= 15 is 0 Å². The van der Waals surface area contributed by atoms with Crippen molar-refractivity contribution in [3.63, 3.8) is 0 Å². The number of ether oxygens (including phenoxy) is 1. The fourth-order valence-electron chi connectivity index (χ4n) is 1.38. The number of nitrogens with zero attached hydrogens (tertiary/aromatic N) is 2. The number of nitrogens with one attached hydrogen (secondary N) is 1. The van der Waals surface area contributed by atoms with Gasteiger partial charge < -0.3 is 10.5 Å². The zero-order chi connectivity index (χ0) is 12.8. The molecule has 0 aliphatic carbocycles. The molecule has 6 heteroatoms. The van der Waals surface area contributed by atoms with E-state index in [4.69, 9.17) is 10.5 Å². The van der Waals surface area contributed by atoms with Gasteiger partial charge in [-0.2, -0.15) is 5.10 Å². The van der Waals surface area contributed by atoms with E-state index in [9.17, 15) is 4.79 Å². The van der Waals surface area contributed by atoms with Gasteiger partial charge in [0.25, 0.3) is 0 Å². The first-order chi connectivity index (χ1) is 8.74. The molecule has 1 heterocycles. The molecule has 94 valence electrons. The van der Waals surface area contributed by atoms with Gasteiger partial charge in [-0.05, 0) is 30.3 Å². The number of nitrogen functional groups attached to an aromatic ring is 1. The number of carbonyl (C=O) groups excluding carboxylic acids is 1. The highest BCUT2D eigenvalue weighted by Gasteiger charge is 2.02. The molecule has 0 saturated heterocycles. The highest BCUT2D eigenvalue weighted by molar-refractivity contribution is 5.84. The normalized spacial score (nSPS) is 10.0. The molecule has 2 aromatic rings. The van der Waals surface area contributed by atoms with E-state index in [1.165, 1.54) is 0 Å². The average Bonchev–Trinajstić information content (AvgIpc) is 2.85. The van der Waals surface area contributed by atoms with Gasteiger partial charge in [-0.15, -0.1) is 0 Å². The first-order valence-corrected chi connectivity index (χ1v) is 5.51. The van der Waals surface area contributed by atoms with Crippen molar-refractivity contribution in [1.29, 1.82) is 0 Å². The second-order valence-corrected chi connectivity index (χ2v) is 3.65. The van der Waals surface area contributed by atoms with Gasteiger partial charge >= 0.3 is 6.09 Å². The van der Waals surface area contributed by atoms with Crippen LogP contribution in [-0.2, 0) is 11.3 Å². The smallest absolute Gasteiger partial charge is 0.411 e. The first kappa shape index (κ1) is 12.0. The quantitative estimate of drug-likeness (QED) is 0.804. The summed E-state index contributed by atoms with van der Waals surface area (Å²) >= 11 is 0. The Hall–Kier alpha value is -2.50. The lowest BCUT2D eigenvalue weighted by atomic mass is 10.3. The minimum Gasteiger partial charge on any atom is -0.447 e. The number of hydrogen-bond donors (Lipinski definition) is 2. The number of rotatable bonds is 4. The minimum atomic E-state index is -0.494. The van der Waals surface area contributed by atoms with Crippen LogP contribution in [0.5, 0.6) is 0 Å². The fourth-order valence-corrected chi connectivity index (χ4v) is 1.38. The minimum absolute atomic E-state index is 0.266. The van der Waals surface area contributed by atoms with Crippen LogP contribution in [0.25, 0.3) is 0 Å². The molecule has 2 rings (SSSR count). The molecule has 6 nitrogen and oxygen atoms in total. The lowest BCUT2D eigenvalue weighted by Crippen LogP contribution is -2.17. The molecular formula is C12H14N4O2. The van der Waals surface area contributed by atoms with Crippen LogP contribution >= 0.6 is 0 Å². The summed E-state index contributed by atoms with van der Waals surface area (Å²) in [6, 6.07) is 8.65. The molecule has 3 N–H and O–H groups in total. The van der Waals surface area contributed by atoms with Gasteiger partial charge in [0.05, 0.1) is 6.54 Å². The number of hydrogen-bond acceptors (Lipinski definition) is 4. The van der Waals surface area contributed by atoms with Crippen molar-refractivity contribution >= 4 is 17.5 Å². The number of aromatic nitrogens is 2. The van der Waals surface area contributed by atoms with Gasteiger partial charge in [0, 0.05) is 23.8 Å². The first-order valence-electron chi connectivity index (χ1n) is 5.51. The third-order valence-electron chi connectivity index (χ3n) is 2.27. The molecular weight excluding hydrogens is 232 g/mol. The van der Waals surface area contributed by atoms with E-state index in [1.807, 2.05) is 6.07 Å². The zero-order valence-corrected chi connectivity index (χ0v) is 9.74. The van der Waals surface area contributed by atoms with Crippen molar-refractivity contribution in [2.45, 2.75) is 6.54 Å². The summed E-state index contributed by atoms with van der Waals surface area (Å²) in [5.74, 6) is 0. The predicted octanol–water partition coefficient (Wildman–Crippen LogP) is 1.71. The van der Waals surface area contributed by atoms with E-state index in [0.717, 1.165) is 0 Å². The standard InChI is InChI=1S/C12H14N4O2/c13-10-2-4-11(5-3-10)15-12(17)18-9-8-16-7-1-6-14-16/h1-7H,8-9,13H2,(H,15,17). The van der Waals surface area contributed by atoms with E-state index in [-0.39, 0.29) is 6.61 Å². The molecule has 1 amide bonds. The Morgan fingerprint density at radius 1 is 1.39 bits per heavy atom. The molecule has 1 aromatic carbocycles.